The van der Waals surface area contributed by atoms with E-state index >= 15 is 0 Å². The second-order valence-electron chi connectivity index (χ2n) is 9.36. The normalized spacial score (nSPS) is 15.0. The number of carbonyl (C=O) groups is 2. The van der Waals surface area contributed by atoms with Crippen LogP contribution in [-0.4, -0.2) is 38.8 Å². The highest BCUT2D eigenvalue weighted by Crippen LogP contribution is 2.47. The van der Waals surface area contributed by atoms with Crippen molar-refractivity contribution in [3.05, 3.63) is 77.4 Å². The van der Waals surface area contributed by atoms with Gasteiger partial charge >= 0.3 is 6.09 Å². The number of carbonyl (C=O) groups excluding carboxylic acids is 2. The molecule has 1 amide bonds. The zero-order chi connectivity index (χ0) is 25.8. The van der Waals surface area contributed by atoms with Gasteiger partial charge in [0.15, 0.2) is 17.3 Å². The molecule has 0 bridgehead atoms. The van der Waals surface area contributed by atoms with E-state index in [1.165, 1.54) is 0 Å². The molecule has 1 fully saturated rings. The van der Waals surface area contributed by atoms with Crippen LogP contribution in [0.4, 0.5) is 4.79 Å². The van der Waals surface area contributed by atoms with E-state index in [4.69, 9.17) is 18.9 Å². The van der Waals surface area contributed by atoms with Gasteiger partial charge in [-0.05, 0) is 54.0 Å². The molecule has 3 aromatic rings. The number of methoxy groups -OCH3 is 2. The molecule has 7 heteroatoms. The fraction of sp³-hybridized carbons (Fsp3) is 0.333. The molecule has 2 aliphatic carbocycles. The largest absolute Gasteiger partial charge is 0.493 e. The molecular weight excluding hydrogens is 470 g/mol. The molecule has 0 aliphatic heterocycles. The standard InChI is InChI=1S/C30H31NO6/c1-34-26-16-14-24(21-9-6-10-23-22(21)13-15-25(23)32)28(29(26)35-2)36-18-27(20-11-12-20)37-30(33)31-17-19-7-4-3-5-8-19/h3-10,14,16,20,27H,11-13,15,17-18H2,1-2H3,(H,31,33). The lowest BCUT2D eigenvalue weighted by atomic mass is 9.95. The van der Waals surface area contributed by atoms with Gasteiger partial charge in [-0.3, -0.25) is 4.79 Å². The van der Waals surface area contributed by atoms with Crippen molar-refractivity contribution < 1.29 is 28.5 Å². The van der Waals surface area contributed by atoms with Gasteiger partial charge in [-0.25, -0.2) is 4.79 Å². The molecule has 3 aromatic carbocycles. The molecule has 2 aliphatic rings. The Morgan fingerprint density at radius 1 is 0.892 bits per heavy atom. The molecule has 0 aromatic heterocycles. The molecular formula is C30H31NO6. The third-order valence-electron chi connectivity index (χ3n) is 6.95. The predicted octanol–water partition coefficient (Wildman–Crippen LogP) is 5.58. The predicted molar refractivity (Wildman–Crippen MR) is 139 cm³/mol. The number of amides is 1. The summed E-state index contributed by atoms with van der Waals surface area (Å²) in [6.07, 6.45) is 2.29. The van der Waals surface area contributed by atoms with Gasteiger partial charge in [0.2, 0.25) is 5.75 Å². The summed E-state index contributed by atoms with van der Waals surface area (Å²) in [7, 11) is 3.15. The Morgan fingerprint density at radius 3 is 2.41 bits per heavy atom. The topological polar surface area (TPSA) is 83.1 Å². The summed E-state index contributed by atoms with van der Waals surface area (Å²) >= 11 is 0. The maximum Gasteiger partial charge on any atom is 0.407 e. The number of benzene rings is 3. The maximum atomic E-state index is 12.6. The smallest absolute Gasteiger partial charge is 0.407 e. The SMILES string of the molecule is COc1ccc(-c2cccc3c2CCC3=O)c(OCC(OC(=O)NCc2ccccc2)C2CC2)c1OC. The lowest BCUT2D eigenvalue weighted by Gasteiger charge is -2.22. The number of ketones is 1. The number of hydrogen-bond donors (Lipinski definition) is 1. The van der Waals surface area contributed by atoms with Crippen LogP contribution in [0.25, 0.3) is 11.1 Å². The second-order valence-corrected chi connectivity index (χ2v) is 9.36. The maximum absolute atomic E-state index is 12.6. The first-order chi connectivity index (χ1) is 18.1. The summed E-state index contributed by atoms with van der Waals surface area (Å²) in [5.74, 6) is 1.91. The van der Waals surface area contributed by atoms with Crippen molar-refractivity contribution in [3.63, 3.8) is 0 Å². The third kappa shape index (κ3) is 5.40. The molecule has 0 radical (unpaired) electrons. The molecule has 1 unspecified atom stereocenters. The van der Waals surface area contributed by atoms with E-state index in [1.807, 2.05) is 60.7 Å². The van der Waals surface area contributed by atoms with Gasteiger partial charge in [0.25, 0.3) is 0 Å². The fourth-order valence-electron chi connectivity index (χ4n) is 4.85. The zero-order valence-corrected chi connectivity index (χ0v) is 21.1. The van der Waals surface area contributed by atoms with Gasteiger partial charge in [0.1, 0.15) is 12.7 Å². The number of rotatable bonds is 10. The molecule has 1 atom stereocenters. The first-order valence-electron chi connectivity index (χ1n) is 12.6. The minimum Gasteiger partial charge on any atom is -0.493 e. The number of hydrogen-bond acceptors (Lipinski definition) is 6. The first kappa shape index (κ1) is 24.7. The highest BCUT2D eigenvalue weighted by molar-refractivity contribution is 6.02. The monoisotopic (exact) mass is 501 g/mol. The van der Waals surface area contributed by atoms with Gasteiger partial charge in [0.05, 0.1) is 14.2 Å². The van der Waals surface area contributed by atoms with E-state index in [0.29, 0.717) is 36.6 Å². The summed E-state index contributed by atoms with van der Waals surface area (Å²) in [6.45, 7) is 0.567. The Labute approximate surface area is 216 Å². The molecule has 7 nitrogen and oxygen atoms in total. The van der Waals surface area contributed by atoms with Gasteiger partial charge in [-0.15, -0.1) is 0 Å². The molecule has 0 saturated heterocycles. The van der Waals surface area contributed by atoms with E-state index in [1.54, 1.807) is 14.2 Å². The number of fused-ring (bicyclic) bond motifs is 1. The van der Waals surface area contributed by atoms with Crippen LogP contribution in [0.5, 0.6) is 17.2 Å². The van der Waals surface area contributed by atoms with E-state index in [-0.39, 0.29) is 18.3 Å². The number of nitrogens with one attached hydrogen (secondary N) is 1. The van der Waals surface area contributed by atoms with Crippen LogP contribution >= 0.6 is 0 Å². The summed E-state index contributed by atoms with van der Waals surface area (Å²) < 4.78 is 23.4. The second kappa shape index (κ2) is 10.9. The molecule has 5 rings (SSSR count). The Kier molecular flexibility index (Phi) is 7.30. The highest BCUT2D eigenvalue weighted by Gasteiger charge is 2.35. The van der Waals surface area contributed by atoms with E-state index in [2.05, 4.69) is 5.32 Å². The molecule has 0 heterocycles. The van der Waals surface area contributed by atoms with Crippen molar-refractivity contribution >= 4 is 11.9 Å². The van der Waals surface area contributed by atoms with Crippen molar-refractivity contribution in [2.24, 2.45) is 5.92 Å². The van der Waals surface area contributed by atoms with E-state index in [9.17, 15) is 9.59 Å². The van der Waals surface area contributed by atoms with Crippen molar-refractivity contribution in [2.45, 2.75) is 38.3 Å². The quantitative estimate of drug-likeness (QED) is 0.390. The Bertz CT molecular complexity index is 1280. The van der Waals surface area contributed by atoms with Gasteiger partial charge in [-0.1, -0.05) is 48.5 Å². The Hall–Kier alpha value is -4.00. The van der Waals surface area contributed by atoms with Crippen LogP contribution in [-0.2, 0) is 17.7 Å². The number of alkyl carbamates (subject to hydrolysis) is 1. The first-order valence-corrected chi connectivity index (χ1v) is 12.6. The van der Waals surface area contributed by atoms with Crippen molar-refractivity contribution in [1.29, 1.82) is 0 Å². The van der Waals surface area contributed by atoms with Crippen molar-refractivity contribution in [1.82, 2.24) is 5.32 Å². The van der Waals surface area contributed by atoms with E-state index in [0.717, 1.165) is 40.7 Å². The van der Waals surface area contributed by atoms with Gasteiger partial charge in [-0.2, -0.15) is 0 Å². The molecule has 192 valence electrons. The summed E-state index contributed by atoms with van der Waals surface area (Å²) in [6, 6.07) is 19.2. The van der Waals surface area contributed by atoms with E-state index < -0.39 is 12.2 Å². The highest BCUT2D eigenvalue weighted by atomic mass is 16.6. The Balaban J connectivity index is 1.37. The summed E-state index contributed by atoms with van der Waals surface area (Å²) in [5, 5.41) is 2.83. The molecule has 1 N–H and O–H groups in total. The van der Waals surface area contributed by atoms with Crippen LogP contribution in [0, 0.1) is 5.92 Å². The van der Waals surface area contributed by atoms with Crippen LogP contribution < -0.4 is 19.5 Å². The molecule has 37 heavy (non-hydrogen) atoms. The summed E-state index contributed by atoms with van der Waals surface area (Å²) in [4.78, 5) is 24.9. The lowest BCUT2D eigenvalue weighted by Crippen LogP contribution is -2.33. The van der Waals surface area contributed by atoms with Crippen LogP contribution in [0.15, 0.2) is 60.7 Å². The number of ether oxygens (including phenoxy) is 4. The average molecular weight is 502 g/mol. The zero-order valence-electron chi connectivity index (χ0n) is 21.1. The molecule has 0 spiro atoms. The molecule has 1 saturated carbocycles. The average Bonchev–Trinajstić information content (AvgIpc) is 3.71. The third-order valence-corrected chi connectivity index (χ3v) is 6.95. The minimum atomic E-state index is -0.471. The van der Waals surface area contributed by atoms with Crippen LogP contribution in [0.3, 0.4) is 0 Å². The number of Topliss-reactive ketones (excluding diaryl/α,β-unsaturated/α-hetero) is 1. The van der Waals surface area contributed by atoms with Crippen LogP contribution in [0.2, 0.25) is 0 Å². The van der Waals surface area contributed by atoms with Gasteiger partial charge in [0, 0.05) is 24.1 Å². The fourth-order valence-corrected chi connectivity index (χ4v) is 4.85. The van der Waals surface area contributed by atoms with Gasteiger partial charge < -0.3 is 24.3 Å². The minimum absolute atomic E-state index is 0.156. The van der Waals surface area contributed by atoms with Crippen molar-refractivity contribution in [3.8, 4) is 28.4 Å². The summed E-state index contributed by atoms with van der Waals surface area (Å²) in [5.41, 5.74) is 4.52. The lowest BCUT2D eigenvalue weighted by molar-refractivity contribution is 0.0515. The van der Waals surface area contributed by atoms with Crippen molar-refractivity contribution in [2.75, 3.05) is 20.8 Å². The Morgan fingerprint density at radius 2 is 1.68 bits per heavy atom. The van der Waals surface area contributed by atoms with Crippen LogP contribution in [0.1, 0.15) is 40.7 Å².